The molecule has 0 aromatic rings. The third-order valence-corrected chi connectivity index (χ3v) is 1.30. The van der Waals surface area contributed by atoms with Crippen LogP contribution in [0.1, 0.15) is 20.8 Å². The summed E-state index contributed by atoms with van der Waals surface area (Å²) in [5, 5.41) is 2.57. The van der Waals surface area contributed by atoms with Crippen LogP contribution in [0.5, 0.6) is 0 Å². The first kappa shape index (κ1) is 11.7. The zero-order valence-corrected chi connectivity index (χ0v) is 8.22. The van der Waals surface area contributed by atoms with Crippen molar-refractivity contribution >= 4 is 11.9 Å². The molecule has 0 aromatic carbocycles. The molecule has 1 N–H and O–H groups in total. The van der Waals surface area contributed by atoms with Gasteiger partial charge in [-0.3, -0.25) is 9.59 Å². The Morgan fingerprint density at radius 3 is 2.38 bits per heavy atom. The molecule has 0 aliphatic rings. The van der Waals surface area contributed by atoms with Gasteiger partial charge in [0.15, 0.2) is 0 Å². The summed E-state index contributed by atoms with van der Waals surface area (Å²) in [5.74, 6) is -0.573. The first-order chi connectivity index (χ1) is 5.93. The van der Waals surface area contributed by atoms with Crippen molar-refractivity contribution in [3.63, 3.8) is 0 Å². The minimum Gasteiger partial charge on any atom is -0.461 e. The lowest BCUT2D eigenvalue weighted by Crippen LogP contribution is -2.33. The van der Waals surface area contributed by atoms with Crippen molar-refractivity contribution in [2.24, 2.45) is 0 Å². The van der Waals surface area contributed by atoms with E-state index in [0.717, 1.165) is 0 Å². The Labute approximate surface area is 78.0 Å². The number of amides is 1. The molecule has 0 bridgehead atoms. The molecule has 0 fully saturated rings. The average Bonchev–Trinajstić information content (AvgIpc) is 1.98. The molecule has 1 amide bonds. The highest BCUT2D eigenvalue weighted by Gasteiger charge is 2.07. The molecule has 0 rings (SSSR count). The fraction of sp³-hybridized carbons (Fsp3) is 0.556. The van der Waals surface area contributed by atoms with Gasteiger partial charge in [0.1, 0.15) is 6.10 Å². The van der Waals surface area contributed by atoms with Crippen molar-refractivity contribution in [3.8, 4) is 0 Å². The van der Waals surface area contributed by atoms with Crippen molar-refractivity contribution in [3.05, 3.63) is 12.2 Å². The van der Waals surface area contributed by atoms with E-state index in [-0.39, 0.29) is 18.0 Å². The SMILES string of the molecule is C=C(C)C(=O)NCC(C)OC(C)=O. The fourth-order valence-corrected chi connectivity index (χ4v) is 0.712. The summed E-state index contributed by atoms with van der Waals surface area (Å²) in [7, 11) is 0. The van der Waals surface area contributed by atoms with Gasteiger partial charge in [-0.1, -0.05) is 6.58 Å². The topological polar surface area (TPSA) is 55.4 Å². The van der Waals surface area contributed by atoms with E-state index < -0.39 is 0 Å². The Kier molecular flexibility index (Phi) is 4.80. The van der Waals surface area contributed by atoms with Gasteiger partial charge in [0, 0.05) is 12.5 Å². The van der Waals surface area contributed by atoms with Gasteiger partial charge in [-0.25, -0.2) is 0 Å². The Bertz CT molecular complexity index is 223. The van der Waals surface area contributed by atoms with Crippen LogP contribution in [-0.4, -0.2) is 24.5 Å². The van der Waals surface area contributed by atoms with Crippen LogP contribution >= 0.6 is 0 Å². The Hall–Kier alpha value is -1.32. The van der Waals surface area contributed by atoms with E-state index in [9.17, 15) is 9.59 Å². The van der Waals surface area contributed by atoms with E-state index in [1.165, 1.54) is 6.92 Å². The number of hydrogen-bond acceptors (Lipinski definition) is 3. The van der Waals surface area contributed by atoms with Gasteiger partial charge in [-0.05, 0) is 13.8 Å². The van der Waals surface area contributed by atoms with E-state index in [4.69, 9.17) is 4.74 Å². The maximum absolute atomic E-state index is 11.0. The number of ether oxygens (including phenoxy) is 1. The zero-order chi connectivity index (χ0) is 10.4. The van der Waals surface area contributed by atoms with Gasteiger partial charge in [-0.2, -0.15) is 0 Å². The monoisotopic (exact) mass is 185 g/mol. The minimum atomic E-state index is -0.350. The number of carbonyl (C=O) groups excluding carboxylic acids is 2. The van der Waals surface area contributed by atoms with Crippen LogP contribution in [0.15, 0.2) is 12.2 Å². The molecular formula is C9H15NO3. The van der Waals surface area contributed by atoms with Gasteiger partial charge in [-0.15, -0.1) is 0 Å². The third kappa shape index (κ3) is 5.90. The molecular weight excluding hydrogens is 170 g/mol. The normalized spacial score (nSPS) is 11.6. The largest absolute Gasteiger partial charge is 0.461 e. The smallest absolute Gasteiger partial charge is 0.302 e. The Morgan fingerprint density at radius 1 is 1.46 bits per heavy atom. The predicted octanol–water partition coefficient (Wildman–Crippen LogP) is 0.630. The molecule has 0 heterocycles. The molecule has 0 spiro atoms. The second-order valence-corrected chi connectivity index (χ2v) is 2.91. The molecule has 13 heavy (non-hydrogen) atoms. The van der Waals surface area contributed by atoms with Crippen molar-refractivity contribution in [1.82, 2.24) is 5.32 Å². The molecule has 0 saturated heterocycles. The number of rotatable bonds is 4. The van der Waals surface area contributed by atoms with E-state index in [2.05, 4.69) is 11.9 Å². The number of nitrogens with one attached hydrogen (secondary N) is 1. The number of esters is 1. The van der Waals surface area contributed by atoms with Crippen LogP contribution in [-0.2, 0) is 14.3 Å². The fourth-order valence-electron chi connectivity index (χ4n) is 0.712. The number of hydrogen-bond donors (Lipinski definition) is 1. The van der Waals surface area contributed by atoms with Gasteiger partial charge in [0.25, 0.3) is 0 Å². The van der Waals surface area contributed by atoms with Crippen LogP contribution in [0.25, 0.3) is 0 Å². The molecule has 4 heteroatoms. The van der Waals surface area contributed by atoms with E-state index >= 15 is 0 Å². The second-order valence-electron chi connectivity index (χ2n) is 2.91. The van der Waals surface area contributed by atoms with Crippen LogP contribution in [0, 0.1) is 0 Å². The average molecular weight is 185 g/mol. The molecule has 0 aliphatic heterocycles. The molecule has 0 radical (unpaired) electrons. The highest BCUT2D eigenvalue weighted by atomic mass is 16.5. The highest BCUT2D eigenvalue weighted by molar-refractivity contribution is 5.92. The van der Waals surface area contributed by atoms with Crippen molar-refractivity contribution in [2.75, 3.05) is 6.54 Å². The molecule has 1 atom stereocenters. The minimum absolute atomic E-state index is 0.223. The second kappa shape index (κ2) is 5.35. The summed E-state index contributed by atoms with van der Waals surface area (Å²) in [6, 6.07) is 0. The van der Waals surface area contributed by atoms with E-state index in [1.54, 1.807) is 13.8 Å². The van der Waals surface area contributed by atoms with Gasteiger partial charge >= 0.3 is 5.97 Å². The standard InChI is InChI=1S/C9H15NO3/c1-6(2)9(12)10-5-7(3)13-8(4)11/h7H,1,5H2,2-4H3,(H,10,12). The van der Waals surface area contributed by atoms with Crippen LogP contribution in [0.4, 0.5) is 0 Å². The quantitative estimate of drug-likeness (QED) is 0.516. The molecule has 0 saturated carbocycles. The van der Waals surface area contributed by atoms with Crippen molar-refractivity contribution < 1.29 is 14.3 Å². The Balaban J connectivity index is 3.70. The molecule has 4 nitrogen and oxygen atoms in total. The van der Waals surface area contributed by atoms with Crippen molar-refractivity contribution in [2.45, 2.75) is 26.9 Å². The molecule has 1 unspecified atom stereocenters. The first-order valence-corrected chi connectivity index (χ1v) is 4.04. The summed E-state index contributed by atoms with van der Waals surface area (Å²) in [4.78, 5) is 21.5. The van der Waals surface area contributed by atoms with Gasteiger partial charge in [0.05, 0.1) is 6.54 Å². The maximum atomic E-state index is 11.0. The lowest BCUT2D eigenvalue weighted by Gasteiger charge is -2.12. The zero-order valence-electron chi connectivity index (χ0n) is 8.22. The predicted molar refractivity (Wildman–Crippen MR) is 49.1 cm³/mol. The summed E-state index contributed by atoms with van der Waals surface area (Å²) in [5.41, 5.74) is 0.440. The lowest BCUT2D eigenvalue weighted by molar-refractivity contribution is -0.145. The van der Waals surface area contributed by atoms with Crippen LogP contribution in [0.2, 0.25) is 0 Å². The van der Waals surface area contributed by atoms with Crippen LogP contribution < -0.4 is 5.32 Å². The van der Waals surface area contributed by atoms with Crippen LogP contribution in [0.3, 0.4) is 0 Å². The summed E-state index contributed by atoms with van der Waals surface area (Å²) < 4.78 is 4.80. The lowest BCUT2D eigenvalue weighted by atomic mass is 10.3. The third-order valence-electron chi connectivity index (χ3n) is 1.30. The number of carbonyl (C=O) groups is 2. The first-order valence-electron chi connectivity index (χ1n) is 4.04. The molecule has 74 valence electrons. The Morgan fingerprint density at radius 2 is 2.00 bits per heavy atom. The van der Waals surface area contributed by atoms with Crippen molar-refractivity contribution in [1.29, 1.82) is 0 Å². The molecule has 0 aliphatic carbocycles. The van der Waals surface area contributed by atoms with Gasteiger partial charge < -0.3 is 10.1 Å². The van der Waals surface area contributed by atoms with E-state index in [1.807, 2.05) is 0 Å². The summed E-state index contributed by atoms with van der Waals surface area (Å²) in [6.07, 6.45) is -0.305. The van der Waals surface area contributed by atoms with E-state index in [0.29, 0.717) is 12.1 Å². The molecule has 0 aromatic heterocycles. The maximum Gasteiger partial charge on any atom is 0.302 e. The van der Waals surface area contributed by atoms with Gasteiger partial charge in [0.2, 0.25) is 5.91 Å². The summed E-state index contributed by atoms with van der Waals surface area (Å²) >= 11 is 0. The highest BCUT2D eigenvalue weighted by Crippen LogP contribution is 1.91. The summed E-state index contributed by atoms with van der Waals surface area (Å²) in [6.45, 7) is 8.44.